The Morgan fingerprint density at radius 3 is 1.03 bits per heavy atom. The summed E-state index contributed by atoms with van der Waals surface area (Å²) in [5, 5.41) is 0. The Kier molecular flexibility index (Phi) is 51.9. The van der Waals surface area contributed by atoms with Crippen LogP contribution in [0, 0.1) is 0 Å². The van der Waals surface area contributed by atoms with E-state index in [0.717, 1.165) is 103 Å². The monoisotopic (exact) mass is 921 g/mol. The molecule has 0 saturated carbocycles. The van der Waals surface area contributed by atoms with E-state index in [1.54, 1.807) is 0 Å². The Morgan fingerprint density at radius 1 is 0.333 bits per heavy atom. The SMILES string of the molecule is CC/C=C\C/C=C\C/C=C\C/C=C\CCCCCCCCC(=O)OCC(COC(=O)CCCCCCCCCCCCCCC)OC(=O)CCCCC/C=C\C=C/CCCCCCCCC. The topological polar surface area (TPSA) is 78.9 Å². The van der Waals surface area contributed by atoms with Crippen molar-refractivity contribution >= 4 is 17.9 Å². The van der Waals surface area contributed by atoms with Crippen molar-refractivity contribution in [1.82, 2.24) is 0 Å². The van der Waals surface area contributed by atoms with Gasteiger partial charge in [0.15, 0.2) is 6.10 Å². The van der Waals surface area contributed by atoms with Gasteiger partial charge in [0, 0.05) is 19.3 Å². The number of hydrogen-bond donors (Lipinski definition) is 0. The summed E-state index contributed by atoms with van der Waals surface area (Å²) in [6, 6.07) is 0. The second kappa shape index (κ2) is 54.5. The minimum atomic E-state index is -0.794. The van der Waals surface area contributed by atoms with Gasteiger partial charge in [0.05, 0.1) is 0 Å². The first-order valence-corrected chi connectivity index (χ1v) is 28.0. The van der Waals surface area contributed by atoms with Crippen molar-refractivity contribution < 1.29 is 28.6 Å². The van der Waals surface area contributed by atoms with Gasteiger partial charge in [-0.3, -0.25) is 14.4 Å². The molecule has 6 heteroatoms. The highest BCUT2D eigenvalue weighted by Crippen LogP contribution is 2.15. The number of ether oxygens (including phenoxy) is 3. The average molecular weight is 921 g/mol. The molecule has 0 aliphatic carbocycles. The highest BCUT2D eigenvalue weighted by molar-refractivity contribution is 5.71. The van der Waals surface area contributed by atoms with E-state index in [0.29, 0.717) is 19.3 Å². The van der Waals surface area contributed by atoms with Gasteiger partial charge in [0.1, 0.15) is 13.2 Å². The van der Waals surface area contributed by atoms with E-state index in [1.807, 2.05) is 0 Å². The van der Waals surface area contributed by atoms with Gasteiger partial charge < -0.3 is 14.2 Å². The summed E-state index contributed by atoms with van der Waals surface area (Å²) < 4.78 is 16.8. The molecule has 66 heavy (non-hydrogen) atoms. The summed E-state index contributed by atoms with van der Waals surface area (Å²) in [4.78, 5) is 38.1. The molecule has 0 aromatic carbocycles. The lowest BCUT2D eigenvalue weighted by Crippen LogP contribution is -2.30. The lowest BCUT2D eigenvalue weighted by atomic mass is 10.0. The van der Waals surface area contributed by atoms with Crippen molar-refractivity contribution in [2.45, 2.75) is 277 Å². The number of rotatable bonds is 50. The Bertz CT molecular complexity index is 1240. The fourth-order valence-corrected chi connectivity index (χ4v) is 7.78. The largest absolute Gasteiger partial charge is 0.462 e. The minimum Gasteiger partial charge on any atom is -0.462 e. The average Bonchev–Trinajstić information content (AvgIpc) is 3.31. The molecule has 0 heterocycles. The van der Waals surface area contributed by atoms with E-state index in [-0.39, 0.29) is 31.1 Å². The molecule has 1 unspecified atom stereocenters. The summed E-state index contributed by atoms with van der Waals surface area (Å²) in [6.07, 6.45) is 68.9. The lowest BCUT2D eigenvalue weighted by Gasteiger charge is -2.18. The van der Waals surface area contributed by atoms with Crippen LogP contribution in [0.4, 0.5) is 0 Å². The molecule has 0 saturated heterocycles. The number of carbonyl (C=O) groups is 3. The summed E-state index contributed by atoms with van der Waals surface area (Å²) >= 11 is 0. The van der Waals surface area contributed by atoms with Gasteiger partial charge in [0.25, 0.3) is 0 Å². The van der Waals surface area contributed by atoms with E-state index in [1.165, 1.54) is 128 Å². The van der Waals surface area contributed by atoms with E-state index in [4.69, 9.17) is 14.2 Å². The fourth-order valence-electron chi connectivity index (χ4n) is 7.78. The Labute approximate surface area is 408 Å². The van der Waals surface area contributed by atoms with Crippen LogP contribution in [-0.4, -0.2) is 37.2 Å². The molecular weight excluding hydrogens is 817 g/mol. The molecule has 0 rings (SSSR count). The molecule has 1 atom stereocenters. The molecule has 0 aromatic rings. The predicted molar refractivity (Wildman–Crippen MR) is 284 cm³/mol. The van der Waals surface area contributed by atoms with Crippen LogP contribution in [0.1, 0.15) is 271 Å². The molecular formula is C60H104O6. The van der Waals surface area contributed by atoms with Crippen LogP contribution in [0.3, 0.4) is 0 Å². The van der Waals surface area contributed by atoms with Gasteiger partial charge in [-0.05, 0) is 83.5 Å². The Hall–Kier alpha value is -3.15. The summed E-state index contributed by atoms with van der Waals surface area (Å²) in [5.41, 5.74) is 0. The maximum absolute atomic E-state index is 12.8. The molecule has 0 N–H and O–H groups in total. The van der Waals surface area contributed by atoms with Gasteiger partial charge in [0.2, 0.25) is 0 Å². The Morgan fingerprint density at radius 2 is 0.636 bits per heavy atom. The van der Waals surface area contributed by atoms with E-state index >= 15 is 0 Å². The third-order valence-electron chi connectivity index (χ3n) is 12.0. The standard InChI is InChI=1S/C60H104O6/c1-4-7-10-13-16-19-22-25-27-29-30-31-33-35-38-41-44-47-50-53-59(62)65-56-57(55-64-58(61)52-49-46-43-40-37-34-24-21-18-15-12-9-6-3)66-60(63)54-51-48-45-42-39-36-32-28-26-23-20-17-14-11-8-5-2/h7,10,16,19,25,27-28,30-32,36,39,57H,4-6,8-9,11-15,17-18,20-24,26,29,33-35,37-38,40-56H2,1-3H3/b10-7-,19-16-,27-25-,31-30-,32-28-,39-36-. The Balaban J connectivity index is 4.43. The van der Waals surface area contributed by atoms with Crippen molar-refractivity contribution in [3.8, 4) is 0 Å². The summed E-state index contributed by atoms with van der Waals surface area (Å²) in [7, 11) is 0. The maximum Gasteiger partial charge on any atom is 0.306 e. The quantitative estimate of drug-likeness (QED) is 0.0199. The van der Waals surface area contributed by atoms with Crippen LogP contribution in [0.5, 0.6) is 0 Å². The van der Waals surface area contributed by atoms with Crippen molar-refractivity contribution in [2.24, 2.45) is 0 Å². The maximum atomic E-state index is 12.8. The van der Waals surface area contributed by atoms with E-state index < -0.39 is 6.10 Å². The van der Waals surface area contributed by atoms with Crippen molar-refractivity contribution in [3.05, 3.63) is 72.9 Å². The van der Waals surface area contributed by atoms with Crippen LogP contribution in [0.2, 0.25) is 0 Å². The third-order valence-corrected chi connectivity index (χ3v) is 12.0. The first kappa shape index (κ1) is 62.8. The molecule has 0 fully saturated rings. The molecule has 0 bridgehead atoms. The second-order valence-electron chi connectivity index (χ2n) is 18.5. The van der Waals surface area contributed by atoms with Crippen molar-refractivity contribution in [1.29, 1.82) is 0 Å². The molecule has 0 radical (unpaired) electrons. The summed E-state index contributed by atoms with van der Waals surface area (Å²) in [6.45, 7) is 6.50. The molecule has 0 aliphatic heterocycles. The highest BCUT2D eigenvalue weighted by atomic mass is 16.6. The van der Waals surface area contributed by atoms with Crippen LogP contribution in [0.15, 0.2) is 72.9 Å². The zero-order valence-corrected chi connectivity index (χ0v) is 43.4. The number of allylic oxidation sites excluding steroid dienone is 12. The zero-order chi connectivity index (χ0) is 47.9. The van der Waals surface area contributed by atoms with Crippen LogP contribution < -0.4 is 0 Å². The molecule has 0 amide bonds. The number of hydrogen-bond acceptors (Lipinski definition) is 6. The third kappa shape index (κ3) is 51.8. The molecule has 0 aliphatic rings. The van der Waals surface area contributed by atoms with E-state index in [2.05, 4.69) is 93.7 Å². The number of carbonyl (C=O) groups excluding carboxylic acids is 3. The zero-order valence-electron chi connectivity index (χ0n) is 43.4. The first-order chi connectivity index (χ1) is 32.5. The smallest absolute Gasteiger partial charge is 0.306 e. The fraction of sp³-hybridized carbons (Fsp3) is 0.750. The minimum absolute atomic E-state index is 0.0888. The lowest BCUT2D eigenvalue weighted by molar-refractivity contribution is -0.167. The molecule has 380 valence electrons. The molecule has 6 nitrogen and oxygen atoms in total. The second-order valence-corrected chi connectivity index (χ2v) is 18.5. The van der Waals surface area contributed by atoms with Gasteiger partial charge in [-0.1, -0.05) is 241 Å². The molecule has 0 spiro atoms. The van der Waals surface area contributed by atoms with Crippen molar-refractivity contribution in [3.63, 3.8) is 0 Å². The van der Waals surface area contributed by atoms with Gasteiger partial charge >= 0.3 is 17.9 Å². The molecule has 0 aromatic heterocycles. The van der Waals surface area contributed by atoms with Gasteiger partial charge in [-0.25, -0.2) is 0 Å². The number of esters is 3. The van der Waals surface area contributed by atoms with Gasteiger partial charge in [-0.2, -0.15) is 0 Å². The van der Waals surface area contributed by atoms with Gasteiger partial charge in [-0.15, -0.1) is 0 Å². The van der Waals surface area contributed by atoms with Crippen LogP contribution >= 0.6 is 0 Å². The van der Waals surface area contributed by atoms with Crippen molar-refractivity contribution in [2.75, 3.05) is 13.2 Å². The van der Waals surface area contributed by atoms with E-state index in [9.17, 15) is 14.4 Å². The highest BCUT2D eigenvalue weighted by Gasteiger charge is 2.19. The number of unbranched alkanes of at least 4 members (excludes halogenated alkanes) is 28. The van der Waals surface area contributed by atoms with Crippen LogP contribution in [0.25, 0.3) is 0 Å². The summed E-state index contributed by atoms with van der Waals surface area (Å²) in [5.74, 6) is -0.923. The normalized spacial score (nSPS) is 12.6. The predicted octanol–water partition coefficient (Wildman–Crippen LogP) is 18.6. The van der Waals surface area contributed by atoms with Crippen LogP contribution in [-0.2, 0) is 28.6 Å². The first-order valence-electron chi connectivity index (χ1n) is 28.0.